The highest BCUT2D eigenvalue weighted by Crippen LogP contribution is 2.26. The molecular formula is C17H15ClN4S. The van der Waals surface area contributed by atoms with Crippen LogP contribution in [0.15, 0.2) is 59.0 Å². The van der Waals surface area contributed by atoms with Gasteiger partial charge < -0.3 is 5.73 Å². The summed E-state index contributed by atoms with van der Waals surface area (Å²) in [6.45, 7) is 1.93. The van der Waals surface area contributed by atoms with Gasteiger partial charge in [-0.25, -0.2) is 4.98 Å². The van der Waals surface area contributed by atoms with Gasteiger partial charge in [-0.1, -0.05) is 35.9 Å². The zero-order chi connectivity index (χ0) is 16.2. The summed E-state index contributed by atoms with van der Waals surface area (Å²) in [5, 5.41) is 7.79. The first-order valence-corrected chi connectivity index (χ1v) is 8.25. The van der Waals surface area contributed by atoms with Crippen molar-refractivity contribution in [3.8, 4) is 11.3 Å². The Morgan fingerprint density at radius 1 is 1.22 bits per heavy atom. The molecule has 0 fully saturated rings. The van der Waals surface area contributed by atoms with Crippen molar-refractivity contribution in [3.63, 3.8) is 0 Å². The van der Waals surface area contributed by atoms with Crippen LogP contribution >= 0.6 is 22.9 Å². The molecule has 0 amide bonds. The van der Waals surface area contributed by atoms with Crippen LogP contribution in [-0.4, -0.2) is 10.7 Å². The molecule has 4 nitrogen and oxygen atoms in total. The average Bonchev–Trinajstić information content (AvgIpc) is 3.02. The molecule has 0 spiro atoms. The Bertz CT molecular complexity index is 840. The Morgan fingerprint density at radius 3 is 2.74 bits per heavy atom. The molecule has 1 aromatic heterocycles. The minimum absolute atomic E-state index is 0.713. The lowest BCUT2D eigenvalue weighted by molar-refractivity contribution is 1.27. The monoisotopic (exact) mass is 342 g/mol. The number of hydrazone groups is 1. The molecule has 0 aliphatic carbocycles. The van der Waals surface area contributed by atoms with Gasteiger partial charge in [0.05, 0.1) is 11.4 Å². The lowest BCUT2D eigenvalue weighted by atomic mass is 10.1. The van der Waals surface area contributed by atoms with Crippen molar-refractivity contribution in [2.75, 3.05) is 11.2 Å². The highest BCUT2D eigenvalue weighted by Gasteiger charge is 2.04. The SMILES string of the molecule is C/C(=N\Nc1nc(-c2ccc(Cl)cc2)cs1)c1cccc(N)c1. The van der Waals surface area contributed by atoms with Gasteiger partial charge in [-0.05, 0) is 36.8 Å². The third-order valence-corrected chi connectivity index (χ3v) is 4.27. The Hall–Kier alpha value is -2.37. The molecule has 3 aromatic rings. The lowest BCUT2D eigenvalue weighted by Crippen LogP contribution is -2.00. The van der Waals surface area contributed by atoms with Gasteiger partial charge in [-0.2, -0.15) is 5.10 Å². The van der Waals surface area contributed by atoms with Crippen molar-refractivity contribution in [2.24, 2.45) is 5.10 Å². The minimum Gasteiger partial charge on any atom is -0.399 e. The lowest BCUT2D eigenvalue weighted by Gasteiger charge is -2.02. The molecule has 23 heavy (non-hydrogen) atoms. The molecule has 3 N–H and O–H groups in total. The Kier molecular flexibility index (Phi) is 4.60. The number of hydrogen-bond donors (Lipinski definition) is 2. The zero-order valence-corrected chi connectivity index (χ0v) is 14.0. The molecule has 0 radical (unpaired) electrons. The van der Waals surface area contributed by atoms with Gasteiger partial charge in [0.25, 0.3) is 0 Å². The second kappa shape index (κ2) is 6.81. The summed E-state index contributed by atoms with van der Waals surface area (Å²) in [6, 6.07) is 15.2. The molecule has 0 bridgehead atoms. The number of nitrogen functional groups attached to an aromatic ring is 1. The summed E-state index contributed by atoms with van der Waals surface area (Å²) in [5.41, 5.74) is 13.2. The van der Waals surface area contributed by atoms with Crippen LogP contribution in [0.2, 0.25) is 5.02 Å². The number of hydrogen-bond acceptors (Lipinski definition) is 5. The molecule has 0 saturated carbocycles. The fourth-order valence-corrected chi connectivity index (χ4v) is 2.83. The number of nitrogens with one attached hydrogen (secondary N) is 1. The molecule has 116 valence electrons. The Balaban J connectivity index is 1.74. The average molecular weight is 343 g/mol. The largest absolute Gasteiger partial charge is 0.399 e. The molecule has 6 heteroatoms. The molecule has 1 heterocycles. The van der Waals surface area contributed by atoms with Crippen LogP contribution in [0, 0.1) is 0 Å². The summed E-state index contributed by atoms with van der Waals surface area (Å²) in [7, 11) is 0. The van der Waals surface area contributed by atoms with Gasteiger partial charge in [0, 0.05) is 21.7 Å². The quantitative estimate of drug-likeness (QED) is 0.403. The van der Waals surface area contributed by atoms with Crippen LogP contribution in [0.1, 0.15) is 12.5 Å². The van der Waals surface area contributed by atoms with E-state index in [9.17, 15) is 0 Å². The number of nitrogens with two attached hydrogens (primary N) is 1. The van der Waals surface area contributed by atoms with Crippen LogP contribution in [0.4, 0.5) is 10.8 Å². The molecule has 0 aliphatic heterocycles. The third-order valence-electron chi connectivity index (χ3n) is 3.27. The predicted octanol–water partition coefficient (Wildman–Crippen LogP) is 4.88. The number of nitrogens with zero attached hydrogens (tertiary/aromatic N) is 2. The zero-order valence-electron chi connectivity index (χ0n) is 12.5. The van der Waals surface area contributed by atoms with E-state index in [1.165, 1.54) is 11.3 Å². The summed E-state index contributed by atoms with van der Waals surface area (Å²) in [5.74, 6) is 0. The van der Waals surface area contributed by atoms with E-state index < -0.39 is 0 Å². The highest BCUT2D eigenvalue weighted by molar-refractivity contribution is 7.14. The topological polar surface area (TPSA) is 63.3 Å². The number of anilines is 2. The first-order valence-electron chi connectivity index (χ1n) is 6.99. The molecule has 0 saturated heterocycles. The van der Waals surface area contributed by atoms with E-state index in [0.717, 1.165) is 33.4 Å². The number of benzene rings is 2. The Morgan fingerprint density at radius 2 is 2.00 bits per heavy atom. The van der Waals surface area contributed by atoms with Crippen molar-refractivity contribution >= 4 is 39.5 Å². The molecule has 0 unspecified atom stereocenters. The van der Waals surface area contributed by atoms with E-state index >= 15 is 0 Å². The number of rotatable bonds is 4. The van der Waals surface area contributed by atoms with Crippen LogP contribution in [-0.2, 0) is 0 Å². The maximum absolute atomic E-state index is 5.90. The summed E-state index contributed by atoms with van der Waals surface area (Å²) >= 11 is 7.40. The number of thiazole rings is 1. The van der Waals surface area contributed by atoms with E-state index in [1.807, 2.05) is 60.8 Å². The van der Waals surface area contributed by atoms with Gasteiger partial charge in [0.15, 0.2) is 0 Å². The van der Waals surface area contributed by atoms with Crippen molar-refractivity contribution in [2.45, 2.75) is 6.92 Å². The third kappa shape index (κ3) is 3.88. The number of aromatic nitrogens is 1. The normalized spacial score (nSPS) is 11.5. The van der Waals surface area contributed by atoms with Crippen LogP contribution in [0.5, 0.6) is 0 Å². The van der Waals surface area contributed by atoms with E-state index in [0.29, 0.717) is 5.02 Å². The number of halogens is 1. The summed E-state index contributed by atoms with van der Waals surface area (Å²) in [4.78, 5) is 4.53. The van der Waals surface area contributed by atoms with Crippen LogP contribution in [0.25, 0.3) is 11.3 Å². The smallest absolute Gasteiger partial charge is 0.203 e. The van der Waals surface area contributed by atoms with Gasteiger partial charge in [0.1, 0.15) is 0 Å². The summed E-state index contributed by atoms with van der Waals surface area (Å²) in [6.07, 6.45) is 0. The highest BCUT2D eigenvalue weighted by atomic mass is 35.5. The van der Waals surface area contributed by atoms with Crippen molar-refractivity contribution in [1.29, 1.82) is 0 Å². The van der Waals surface area contributed by atoms with Gasteiger partial charge in [0.2, 0.25) is 5.13 Å². The maximum Gasteiger partial charge on any atom is 0.203 e. The molecule has 0 aliphatic rings. The first kappa shape index (κ1) is 15.5. The first-order chi connectivity index (χ1) is 11.1. The molecule has 0 atom stereocenters. The van der Waals surface area contributed by atoms with Gasteiger partial charge in [-0.3, -0.25) is 5.43 Å². The van der Waals surface area contributed by atoms with Crippen LogP contribution in [0.3, 0.4) is 0 Å². The van der Waals surface area contributed by atoms with Crippen LogP contribution < -0.4 is 11.2 Å². The maximum atomic E-state index is 5.90. The van der Waals surface area contributed by atoms with E-state index in [4.69, 9.17) is 17.3 Å². The summed E-state index contributed by atoms with van der Waals surface area (Å²) < 4.78 is 0. The van der Waals surface area contributed by atoms with E-state index in [1.54, 1.807) is 0 Å². The van der Waals surface area contributed by atoms with E-state index in [2.05, 4.69) is 15.5 Å². The standard InChI is InChI=1S/C17H15ClN4S/c1-11(13-3-2-4-15(19)9-13)21-22-17-20-16(10-23-17)12-5-7-14(18)8-6-12/h2-10H,19H2,1H3,(H,20,22)/b21-11+. The van der Waals surface area contributed by atoms with Crippen molar-refractivity contribution in [1.82, 2.24) is 4.98 Å². The molecule has 2 aromatic carbocycles. The molecule has 3 rings (SSSR count). The minimum atomic E-state index is 0.713. The fraction of sp³-hybridized carbons (Fsp3) is 0.0588. The fourth-order valence-electron chi connectivity index (χ4n) is 2.04. The Labute approximate surface area is 143 Å². The van der Waals surface area contributed by atoms with E-state index in [-0.39, 0.29) is 0 Å². The van der Waals surface area contributed by atoms with Crippen molar-refractivity contribution < 1.29 is 0 Å². The van der Waals surface area contributed by atoms with Gasteiger partial charge in [-0.15, -0.1) is 11.3 Å². The predicted molar refractivity (Wildman–Crippen MR) is 99.2 cm³/mol. The second-order valence-corrected chi connectivity index (χ2v) is 6.27. The van der Waals surface area contributed by atoms with Gasteiger partial charge >= 0.3 is 0 Å². The van der Waals surface area contributed by atoms with Crippen molar-refractivity contribution in [3.05, 3.63) is 64.5 Å². The second-order valence-electron chi connectivity index (χ2n) is 4.98. The molecular weight excluding hydrogens is 328 g/mol.